The van der Waals surface area contributed by atoms with Gasteiger partial charge < -0.3 is 16.0 Å². The molecular formula is C16H29N5. The van der Waals surface area contributed by atoms with E-state index in [1.165, 1.54) is 12.8 Å². The van der Waals surface area contributed by atoms with Crippen molar-refractivity contribution in [2.75, 3.05) is 31.7 Å². The third kappa shape index (κ3) is 4.56. The molecule has 1 unspecified atom stereocenters. The average Bonchev–Trinajstić information content (AvgIpc) is 3.17. The molecule has 118 valence electrons. The quantitative estimate of drug-likeness (QED) is 0.808. The highest BCUT2D eigenvalue weighted by Gasteiger charge is 2.28. The van der Waals surface area contributed by atoms with Gasteiger partial charge >= 0.3 is 0 Å². The van der Waals surface area contributed by atoms with Gasteiger partial charge in [-0.05, 0) is 46.2 Å². The first-order valence-corrected chi connectivity index (χ1v) is 7.92. The number of nitrogens with two attached hydrogens (primary N) is 1. The van der Waals surface area contributed by atoms with Crippen molar-refractivity contribution in [3.63, 3.8) is 0 Å². The van der Waals surface area contributed by atoms with Crippen LogP contribution in [0.3, 0.4) is 0 Å². The first-order chi connectivity index (χ1) is 9.86. The number of nitrogen functional groups attached to an aromatic ring is 1. The minimum atomic E-state index is 0.375. The molecule has 1 fully saturated rings. The first kappa shape index (κ1) is 16.0. The maximum Gasteiger partial charge on any atom is 0.136 e. The van der Waals surface area contributed by atoms with Crippen molar-refractivity contribution in [1.29, 1.82) is 0 Å². The highest BCUT2D eigenvalue weighted by molar-refractivity contribution is 5.55. The maximum atomic E-state index is 6.06. The molecular weight excluding hydrogens is 262 g/mol. The van der Waals surface area contributed by atoms with Gasteiger partial charge in [0.15, 0.2) is 0 Å². The summed E-state index contributed by atoms with van der Waals surface area (Å²) in [5.74, 6) is 3.60. The van der Waals surface area contributed by atoms with Gasteiger partial charge in [0.2, 0.25) is 0 Å². The molecule has 2 rings (SSSR count). The van der Waals surface area contributed by atoms with Crippen LogP contribution in [0.2, 0.25) is 0 Å². The molecule has 0 bridgehead atoms. The molecule has 5 nitrogen and oxygen atoms in total. The molecule has 3 N–H and O–H groups in total. The van der Waals surface area contributed by atoms with E-state index in [9.17, 15) is 0 Å². The summed E-state index contributed by atoms with van der Waals surface area (Å²) in [5, 5.41) is 3.60. The number of likely N-dealkylation sites (N-methyl/N-ethyl adjacent to an activating group) is 1. The third-order valence-corrected chi connectivity index (χ3v) is 3.83. The summed E-state index contributed by atoms with van der Waals surface area (Å²) < 4.78 is 0. The molecule has 1 aromatic rings. The second-order valence-electron chi connectivity index (χ2n) is 6.95. The normalized spacial score (nSPS) is 16.5. The Balaban J connectivity index is 2.18. The summed E-state index contributed by atoms with van der Waals surface area (Å²) in [5.41, 5.74) is 7.03. The lowest BCUT2D eigenvalue weighted by atomic mass is 10.0. The fourth-order valence-electron chi connectivity index (χ4n) is 2.60. The minimum absolute atomic E-state index is 0.375. The van der Waals surface area contributed by atoms with Crippen molar-refractivity contribution in [3.8, 4) is 0 Å². The summed E-state index contributed by atoms with van der Waals surface area (Å²) in [4.78, 5) is 11.4. The Kier molecular flexibility index (Phi) is 5.04. The van der Waals surface area contributed by atoms with Crippen molar-refractivity contribution >= 4 is 11.6 Å². The standard InChI is InChI=1S/C16H29N5/c1-10(2)8-13(9-21(4)5)18-15-11(3)14(17)19-16(20-15)12-6-7-12/h10,12-13H,6-9H2,1-5H3,(H3,17,18,19,20). The van der Waals surface area contributed by atoms with E-state index in [4.69, 9.17) is 10.7 Å². The van der Waals surface area contributed by atoms with Crippen LogP contribution >= 0.6 is 0 Å². The van der Waals surface area contributed by atoms with Crippen LogP contribution in [0.25, 0.3) is 0 Å². The third-order valence-electron chi connectivity index (χ3n) is 3.83. The number of nitrogens with zero attached hydrogens (tertiary/aromatic N) is 3. The Labute approximate surface area is 128 Å². The summed E-state index contributed by atoms with van der Waals surface area (Å²) in [6.45, 7) is 7.49. The molecule has 1 saturated carbocycles. The van der Waals surface area contributed by atoms with Gasteiger partial charge in [-0.25, -0.2) is 9.97 Å². The fourth-order valence-corrected chi connectivity index (χ4v) is 2.60. The van der Waals surface area contributed by atoms with Gasteiger partial charge in [0.1, 0.15) is 17.5 Å². The average molecular weight is 291 g/mol. The molecule has 1 heterocycles. The van der Waals surface area contributed by atoms with Crippen LogP contribution in [-0.4, -0.2) is 41.5 Å². The molecule has 0 spiro atoms. The van der Waals surface area contributed by atoms with Crippen LogP contribution in [-0.2, 0) is 0 Å². The van der Waals surface area contributed by atoms with E-state index in [2.05, 4.69) is 43.1 Å². The Hall–Kier alpha value is -1.36. The number of rotatable bonds is 7. The van der Waals surface area contributed by atoms with Gasteiger partial charge in [0, 0.05) is 24.1 Å². The molecule has 0 amide bonds. The molecule has 0 aliphatic heterocycles. The molecule has 1 aliphatic rings. The smallest absolute Gasteiger partial charge is 0.136 e. The maximum absolute atomic E-state index is 6.06. The predicted octanol–water partition coefficient (Wildman–Crippen LogP) is 2.63. The van der Waals surface area contributed by atoms with Crippen LogP contribution in [0.15, 0.2) is 0 Å². The topological polar surface area (TPSA) is 67.1 Å². The second-order valence-corrected chi connectivity index (χ2v) is 6.95. The summed E-state index contributed by atoms with van der Waals surface area (Å²) in [6.07, 6.45) is 3.49. The monoisotopic (exact) mass is 291 g/mol. The van der Waals surface area contributed by atoms with Gasteiger partial charge in [-0.3, -0.25) is 0 Å². The van der Waals surface area contributed by atoms with Crippen molar-refractivity contribution in [2.24, 2.45) is 5.92 Å². The molecule has 1 atom stereocenters. The van der Waals surface area contributed by atoms with E-state index < -0.39 is 0 Å². The van der Waals surface area contributed by atoms with Gasteiger partial charge in [0.25, 0.3) is 0 Å². The first-order valence-electron chi connectivity index (χ1n) is 7.92. The van der Waals surface area contributed by atoms with Gasteiger partial charge in [-0.1, -0.05) is 13.8 Å². The Morgan fingerprint density at radius 3 is 2.48 bits per heavy atom. The Morgan fingerprint density at radius 2 is 1.95 bits per heavy atom. The van der Waals surface area contributed by atoms with E-state index in [0.29, 0.717) is 23.7 Å². The lowest BCUT2D eigenvalue weighted by Gasteiger charge is -2.25. The van der Waals surface area contributed by atoms with E-state index in [1.54, 1.807) is 0 Å². The summed E-state index contributed by atoms with van der Waals surface area (Å²) in [7, 11) is 4.21. The van der Waals surface area contributed by atoms with Crippen LogP contribution in [0.1, 0.15) is 50.4 Å². The highest BCUT2D eigenvalue weighted by atomic mass is 15.1. The van der Waals surface area contributed by atoms with Crippen LogP contribution in [0.4, 0.5) is 11.6 Å². The summed E-state index contributed by atoms with van der Waals surface area (Å²) in [6, 6.07) is 0.375. The zero-order valence-electron chi connectivity index (χ0n) is 14.0. The van der Waals surface area contributed by atoms with Gasteiger partial charge in [0.05, 0.1) is 0 Å². The lowest BCUT2D eigenvalue weighted by Crippen LogP contribution is -2.34. The Bertz CT molecular complexity index is 470. The van der Waals surface area contributed by atoms with Crippen LogP contribution in [0.5, 0.6) is 0 Å². The summed E-state index contributed by atoms with van der Waals surface area (Å²) >= 11 is 0. The highest BCUT2D eigenvalue weighted by Crippen LogP contribution is 2.39. The van der Waals surface area contributed by atoms with Crippen molar-refractivity contribution in [2.45, 2.75) is 52.0 Å². The second kappa shape index (κ2) is 6.60. The number of nitrogens with one attached hydrogen (secondary N) is 1. The molecule has 1 aliphatic carbocycles. The van der Waals surface area contributed by atoms with E-state index in [1.807, 2.05) is 6.92 Å². The molecule has 0 saturated heterocycles. The zero-order chi connectivity index (χ0) is 15.6. The molecule has 0 aromatic carbocycles. The van der Waals surface area contributed by atoms with E-state index in [-0.39, 0.29) is 0 Å². The van der Waals surface area contributed by atoms with Crippen molar-refractivity contribution in [3.05, 3.63) is 11.4 Å². The SMILES string of the molecule is Cc1c(N)nc(C2CC2)nc1NC(CC(C)C)CN(C)C. The molecule has 21 heavy (non-hydrogen) atoms. The number of anilines is 2. The van der Waals surface area contributed by atoms with Gasteiger partial charge in [-0.2, -0.15) is 0 Å². The number of aromatic nitrogens is 2. The Morgan fingerprint density at radius 1 is 1.29 bits per heavy atom. The molecule has 5 heteroatoms. The van der Waals surface area contributed by atoms with Crippen molar-refractivity contribution in [1.82, 2.24) is 14.9 Å². The number of hydrogen-bond acceptors (Lipinski definition) is 5. The van der Waals surface area contributed by atoms with Gasteiger partial charge in [-0.15, -0.1) is 0 Å². The van der Waals surface area contributed by atoms with E-state index in [0.717, 1.165) is 30.2 Å². The minimum Gasteiger partial charge on any atom is -0.383 e. The lowest BCUT2D eigenvalue weighted by molar-refractivity contribution is 0.356. The number of hydrogen-bond donors (Lipinski definition) is 2. The van der Waals surface area contributed by atoms with Crippen LogP contribution in [0, 0.1) is 12.8 Å². The predicted molar refractivity (Wildman–Crippen MR) is 88.6 cm³/mol. The molecule has 1 aromatic heterocycles. The van der Waals surface area contributed by atoms with Crippen LogP contribution < -0.4 is 11.1 Å². The van der Waals surface area contributed by atoms with E-state index >= 15 is 0 Å². The zero-order valence-corrected chi connectivity index (χ0v) is 14.0. The molecule has 0 radical (unpaired) electrons. The van der Waals surface area contributed by atoms with Crippen molar-refractivity contribution < 1.29 is 0 Å². The largest absolute Gasteiger partial charge is 0.383 e. The fraction of sp³-hybridized carbons (Fsp3) is 0.750.